The summed E-state index contributed by atoms with van der Waals surface area (Å²) >= 11 is 0. The Labute approximate surface area is 118 Å². The predicted octanol–water partition coefficient (Wildman–Crippen LogP) is 2.52. The van der Waals surface area contributed by atoms with E-state index >= 15 is 0 Å². The summed E-state index contributed by atoms with van der Waals surface area (Å²) in [5.74, 6) is 1.06. The summed E-state index contributed by atoms with van der Waals surface area (Å²) in [4.78, 5) is 0. The monoisotopic (exact) mass is 288 g/mol. The molecule has 1 saturated heterocycles. The highest BCUT2D eigenvalue weighted by Gasteiger charge is 2.32. The second kappa shape index (κ2) is 6.55. The molecule has 0 spiro atoms. The lowest BCUT2D eigenvalue weighted by Crippen LogP contribution is -2.49. The maximum Gasteiger partial charge on any atom is 0.279 e. The molecule has 0 amide bonds. The fourth-order valence-corrected chi connectivity index (χ4v) is 4.90. The van der Waals surface area contributed by atoms with Crippen molar-refractivity contribution in [2.75, 3.05) is 13.1 Å². The summed E-state index contributed by atoms with van der Waals surface area (Å²) in [6.45, 7) is 5.79. The number of nitrogens with zero attached hydrogens (tertiary/aromatic N) is 1. The number of hydrogen-bond acceptors (Lipinski definition) is 2. The third-order valence-corrected chi connectivity index (χ3v) is 6.56. The van der Waals surface area contributed by atoms with Crippen LogP contribution < -0.4 is 4.72 Å². The van der Waals surface area contributed by atoms with Crippen LogP contribution in [0.15, 0.2) is 0 Å². The molecule has 112 valence electrons. The van der Waals surface area contributed by atoms with Crippen LogP contribution in [0.25, 0.3) is 0 Å². The summed E-state index contributed by atoms with van der Waals surface area (Å²) in [7, 11) is -3.28. The molecule has 2 aliphatic rings. The van der Waals surface area contributed by atoms with E-state index in [1.54, 1.807) is 4.31 Å². The Morgan fingerprint density at radius 2 is 1.58 bits per heavy atom. The fraction of sp³-hybridized carbons (Fsp3) is 1.00. The maximum absolute atomic E-state index is 12.5. The lowest BCUT2D eigenvalue weighted by molar-refractivity contribution is 0.223. The quantitative estimate of drug-likeness (QED) is 0.867. The van der Waals surface area contributed by atoms with E-state index < -0.39 is 10.2 Å². The summed E-state index contributed by atoms with van der Waals surface area (Å²) in [6.07, 6.45) is 7.65. The van der Waals surface area contributed by atoms with E-state index in [0.717, 1.165) is 38.5 Å². The fourth-order valence-electron chi connectivity index (χ4n) is 3.30. The highest BCUT2D eigenvalue weighted by Crippen LogP contribution is 2.30. The molecular weight excluding hydrogens is 260 g/mol. The Morgan fingerprint density at radius 1 is 0.947 bits per heavy atom. The van der Waals surface area contributed by atoms with Gasteiger partial charge in [0.05, 0.1) is 0 Å². The van der Waals surface area contributed by atoms with E-state index in [-0.39, 0.29) is 6.04 Å². The van der Waals surface area contributed by atoms with Crippen molar-refractivity contribution in [2.45, 2.75) is 64.8 Å². The van der Waals surface area contributed by atoms with Crippen LogP contribution in [0.4, 0.5) is 0 Å². The first-order valence-electron chi connectivity index (χ1n) is 7.78. The molecule has 0 radical (unpaired) electrons. The van der Waals surface area contributed by atoms with Crippen LogP contribution in [0.3, 0.4) is 0 Å². The molecule has 2 rings (SSSR count). The van der Waals surface area contributed by atoms with Gasteiger partial charge in [-0.05, 0) is 31.1 Å². The molecule has 1 N–H and O–H groups in total. The van der Waals surface area contributed by atoms with Crippen LogP contribution in [0.1, 0.15) is 58.8 Å². The molecule has 1 heterocycles. The Balaban J connectivity index is 1.99. The third-order valence-electron chi connectivity index (χ3n) is 4.91. The minimum atomic E-state index is -3.28. The zero-order valence-corrected chi connectivity index (χ0v) is 13.1. The molecule has 5 heteroatoms. The molecule has 2 fully saturated rings. The molecule has 3 unspecified atom stereocenters. The molecule has 3 atom stereocenters. The molecule has 0 aromatic rings. The Morgan fingerprint density at radius 3 is 2.21 bits per heavy atom. The zero-order chi connectivity index (χ0) is 13.9. The average molecular weight is 288 g/mol. The highest BCUT2D eigenvalue weighted by molar-refractivity contribution is 7.87. The summed E-state index contributed by atoms with van der Waals surface area (Å²) in [5, 5.41) is 0. The Kier molecular flexibility index (Phi) is 5.26. The van der Waals surface area contributed by atoms with Gasteiger partial charge < -0.3 is 0 Å². The molecule has 1 aliphatic heterocycles. The molecule has 1 saturated carbocycles. The van der Waals surface area contributed by atoms with Crippen LogP contribution in [0.2, 0.25) is 0 Å². The van der Waals surface area contributed by atoms with Crippen LogP contribution >= 0.6 is 0 Å². The van der Waals surface area contributed by atoms with Crippen molar-refractivity contribution in [3.8, 4) is 0 Å². The Hall–Kier alpha value is -0.130. The van der Waals surface area contributed by atoms with Gasteiger partial charge in [0.2, 0.25) is 0 Å². The number of rotatable bonds is 3. The molecular formula is C14H28N2O2S. The van der Waals surface area contributed by atoms with Gasteiger partial charge in [-0.3, -0.25) is 0 Å². The van der Waals surface area contributed by atoms with Crippen molar-refractivity contribution in [3.63, 3.8) is 0 Å². The minimum Gasteiger partial charge on any atom is -0.199 e. The molecule has 0 bridgehead atoms. The van der Waals surface area contributed by atoms with E-state index in [9.17, 15) is 8.42 Å². The van der Waals surface area contributed by atoms with Gasteiger partial charge in [0.15, 0.2) is 0 Å². The van der Waals surface area contributed by atoms with Gasteiger partial charge in [0.25, 0.3) is 10.2 Å². The van der Waals surface area contributed by atoms with Gasteiger partial charge >= 0.3 is 0 Å². The van der Waals surface area contributed by atoms with Crippen LogP contribution in [-0.2, 0) is 10.2 Å². The summed E-state index contributed by atoms with van der Waals surface area (Å²) in [5.41, 5.74) is 0. The average Bonchev–Trinajstić information content (AvgIpc) is 2.64. The van der Waals surface area contributed by atoms with Crippen molar-refractivity contribution in [2.24, 2.45) is 11.8 Å². The van der Waals surface area contributed by atoms with Crippen molar-refractivity contribution in [1.29, 1.82) is 0 Å². The second-order valence-electron chi connectivity index (χ2n) is 6.31. The highest BCUT2D eigenvalue weighted by atomic mass is 32.2. The van der Waals surface area contributed by atoms with E-state index in [4.69, 9.17) is 0 Å². The van der Waals surface area contributed by atoms with Crippen molar-refractivity contribution >= 4 is 10.2 Å². The van der Waals surface area contributed by atoms with Gasteiger partial charge in [-0.15, -0.1) is 0 Å². The smallest absolute Gasteiger partial charge is 0.199 e. The van der Waals surface area contributed by atoms with Gasteiger partial charge in [0, 0.05) is 19.1 Å². The molecule has 4 nitrogen and oxygen atoms in total. The SMILES string of the molecule is CC1CCCC(NS(=O)(=O)N2CCCCCC2)C1C. The molecule has 0 aromatic carbocycles. The first-order chi connectivity index (χ1) is 9.00. The molecule has 0 aromatic heterocycles. The standard InChI is InChI=1S/C14H28N2O2S/c1-12-8-7-9-14(13(12)2)15-19(17,18)16-10-5-3-4-6-11-16/h12-15H,3-11H2,1-2H3. The normalized spacial score (nSPS) is 34.9. The van der Waals surface area contributed by atoms with Gasteiger partial charge in [-0.1, -0.05) is 39.5 Å². The van der Waals surface area contributed by atoms with Gasteiger partial charge in [-0.2, -0.15) is 17.4 Å². The second-order valence-corrected chi connectivity index (χ2v) is 8.01. The Bertz CT molecular complexity index is 375. The van der Waals surface area contributed by atoms with Crippen LogP contribution in [-0.4, -0.2) is 31.9 Å². The topological polar surface area (TPSA) is 49.4 Å². The summed E-state index contributed by atoms with van der Waals surface area (Å²) < 4.78 is 29.6. The van der Waals surface area contributed by atoms with E-state index in [2.05, 4.69) is 18.6 Å². The van der Waals surface area contributed by atoms with Crippen molar-refractivity contribution < 1.29 is 8.42 Å². The zero-order valence-electron chi connectivity index (χ0n) is 12.3. The molecule has 1 aliphatic carbocycles. The third kappa shape index (κ3) is 3.92. The number of nitrogens with one attached hydrogen (secondary N) is 1. The minimum absolute atomic E-state index is 0.122. The van der Waals surface area contributed by atoms with E-state index in [1.807, 2.05) is 0 Å². The first-order valence-corrected chi connectivity index (χ1v) is 9.22. The summed E-state index contributed by atoms with van der Waals surface area (Å²) in [6, 6.07) is 0.122. The number of hydrogen-bond donors (Lipinski definition) is 1. The lowest BCUT2D eigenvalue weighted by Gasteiger charge is -2.35. The van der Waals surface area contributed by atoms with Crippen LogP contribution in [0.5, 0.6) is 0 Å². The van der Waals surface area contributed by atoms with E-state index in [1.165, 1.54) is 6.42 Å². The lowest BCUT2D eigenvalue weighted by atomic mass is 9.78. The molecule has 19 heavy (non-hydrogen) atoms. The first kappa shape index (κ1) is 15.3. The predicted molar refractivity (Wildman–Crippen MR) is 78.1 cm³/mol. The van der Waals surface area contributed by atoms with E-state index in [0.29, 0.717) is 24.9 Å². The van der Waals surface area contributed by atoms with Gasteiger partial charge in [-0.25, -0.2) is 0 Å². The van der Waals surface area contributed by atoms with Crippen LogP contribution in [0, 0.1) is 11.8 Å². The van der Waals surface area contributed by atoms with Gasteiger partial charge in [0.1, 0.15) is 0 Å². The van der Waals surface area contributed by atoms with Crippen molar-refractivity contribution in [3.05, 3.63) is 0 Å². The maximum atomic E-state index is 12.5. The largest absolute Gasteiger partial charge is 0.279 e. The van der Waals surface area contributed by atoms with Crippen molar-refractivity contribution in [1.82, 2.24) is 9.03 Å².